The van der Waals surface area contributed by atoms with E-state index in [1.165, 1.54) is 21.0 Å². The van der Waals surface area contributed by atoms with Crippen LogP contribution in [0.25, 0.3) is 11.1 Å². The molecular formula is C21H23N3O6S. The van der Waals surface area contributed by atoms with Gasteiger partial charge in [0.25, 0.3) is 5.91 Å². The zero-order valence-electron chi connectivity index (χ0n) is 17.2. The smallest absolute Gasteiger partial charge is 0.419 e. The summed E-state index contributed by atoms with van der Waals surface area (Å²) in [5.41, 5.74) is 0.737. The first-order valence-corrected chi connectivity index (χ1v) is 11.3. The highest BCUT2D eigenvalue weighted by Crippen LogP contribution is 2.22. The Kier molecular flexibility index (Phi) is 5.59. The van der Waals surface area contributed by atoms with Crippen LogP contribution in [0, 0.1) is 0 Å². The summed E-state index contributed by atoms with van der Waals surface area (Å²) in [5.74, 6) is -0.135. The molecular weight excluding hydrogens is 422 g/mol. The molecule has 3 aromatic rings. The lowest BCUT2D eigenvalue weighted by Crippen LogP contribution is -2.53. The van der Waals surface area contributed by atoms with E-state index in [9.17, 15) is 18.0 Å². The fraction of sp³-hybridized carbons (Fsp3) is 0.333. The molecule has 4 rings (SSSR count). The molecule has 0 radical (unpaired) electrons. The minimum absolute atomic E-state index is 0.0508. The van der Waals surface area contributed by atoms with Gasteiger partial charge < -0.3 is 14.1 Å². The summed E-state index contributed by atoms with van der Waals surface area (Å²) in [4.78, 5) is 26.0. The number of ether oxygens (including phenoxy) is 1. The number of piperazine rings is 1. The van der Waals surface area contributed by atoms with Gasteiger partial charge in [-0.3, -0.25) is 9.36 Å². The molecule has 164 valence electrons. The van der Waals surface area contributed by atoms with Crippen molar-refractivity contribution in [1.29, 1.82) is 0 Å². The number of para-hydroxylation sites is 1. The van der Waals surface area contributed by atoms with Crippen molar-refractivity contribution in [3.63, 3.8) is 0 Å². The Hall–Kier alpha value is -3.11. The van der Waals surface area contributed by atoms with E-state index in [2.05, 4.69) is 0 Å². The molecule has 31 heavy (non-hydrogen) atoms. The summed E-state index contributed by atoms with van der Waals surface area (Å²) in [6, 6.07) is 13.4. The van der Waals surface area contributed by atoms with E-state index in [1.807, 2.05) is 18.2 Å². The molecule has 2 heterocycles. The third-order valence-corrected chi connectivity index (χ3v) is 7.25. The van der Waals surface area contributed by atoms with E-state index < -0.39 is 21.9 Å². The highest BCUT2D eigenvalue weighted by molar-refractivity contribution is 7.89. The number of benzene rings is 2. The van der Waals surface area contributed by atoms with Crippen molar-refractivity contribution in [2.45, 2.75) is 17.9 Å². The summed E-state index contributed by atoms with van der Waals surface area (Å²) in [6.07, 6.45) is -0.672. The van der Waals surface area contributed by atoms with Gasteiger partial charge in [0.2, 0.25) is 10.0 Å². The SMILES string of the molecule is C[C@H](Oc1ccccc1)C(=O)N1CCN(S(=O)(=O)c2ccc3c(c2)oc(=O)n3C)CC1. The van der Waals surface area contributed by atoms with E-state index in [4.69, 9.17) is 9.15 Å². The maximum atomic E-state index is 13.0. The first kappa shape index (κ1) is 21.1. The van der Waals surface area contributed by atoms with Crippen molar-refractivity contribution in [1.82, 2.24) is 13.8 Å². The molecule has 0 bridgehead atoms. The molecule has 1 amide bonds. The van der Waals surface area contributed by atoms with Gasteiger partial charge in [0.1, 0.15) is 5.75 Å². The van der Waals surface area contributed by atoms with Gasteiger partial charge in [0.05, 0.1) is 10.4 Å². The summed E-state index contributed by atoms with van der Waals surface area (Å²) < 4.78 is 39.5. The number of hydrogen-bond donors (Lipinski definition) is 0. The second kappa shape index (κ2) is 8.20. The molecule has 2 aromatic carbocycles. The zero-order valence-corrected chi connectivity index (χ0v) is 18.0. The van der Waals surface area contributed by atoms with Crippen molar-refractivity contribution in [3.05, 3.63) is 59.1 Å². The van der Waals surface area contributed by atoms with Crippen LogP contribution >= 0.6 is 0 Å². The highest BCUT2D eigenvalue weighted by Gasteiger charge is 2.32. The topological polar surface area (TPSA) is 102 Å². The van der Waals surface area contributed by atoms with E-state index in [0.29, 0.717) is 11.3 Å². The van der Waals surface area contributed by atoms with Gasteiger partial charge in [-0.1, -0.05) is 18.2 Å². The Labute approximate surface area is 179 Å². The van der Waals surface area contributed by atoms with E-state index in [-0.39, 0.29) is 42.6 Å². The molecule has 9 nitrogen and oxygen atoms in total. The predicted molar refractivity (Wildman–Crippen MR) is 113 cm³/mol. The van der Waals surface area contributed by atoms with Crippen LogP contribution in [0.4, 0.5) is 0 Å². The van der Waals surface area contributed by atoms with Gasteiger partial charge in [0.15, 0.2) is 11.7 Å². The monoisotopic (exact) mass is 445 g/mol. The Bertz CT molecular complexity index is 1260. The molecule has 0 spiro atoms. The van der Waals surface area contributed by atoms with Crippen LogP contribution in [-0.4, -0.2) is 60.4 Å². The standard InChI is InChI=1S/C21H23N3O6S/c1-15(29-16-6-4-3-5-7-16)20(25)23-10-12-24(13-11-23)31(27,28)17-8-9-18-19(14-17)30-21(26)22(18)2/h3-9,14-15H,10-13H2,1-2H3/t15-/m0/s1. The molecule has 0 aliphatic carbocycles. The van der Waals surface area contributed by atoms with Crippen LogP contribution in [0.1, 0.15) is 6.92 Å². The van der Waals surface area contributed by atoms with Gasteiger partial charge in [-0.05, 0) is 31.2 Å². The molecule has 0 N–H and O–H groups in total. The average molecular weight is 445 g/mol. The summed E-state index contributed by atoms with van der Waals surface area (Å²) >= 11 is 0. The average Bonchev–Trinajstić information content (AvgIpc) is 3.07. The lowest BCUT2D eigenvalue weighted by molar-refractivity contribution is -0.139. The number of nitrogens with zero attached hydrogens (tertiary/aromatic N) is 3. The summed E-state index contributed by atoms with van der Waals surface area (Å²) in [6.45, 7) is 2.56. The van der Waals surface area contributed by atoms with Gasteiger partial charge in [-0.2, -0.15) is 4.31 Å². The number of carbonyl (C=O) groups is 1. The minimum atomic E-state index is -3.78. The van der Waals surface area contributed by atoms with Crippen LogP contribution in [-0.2, 0) is 21.9 Å². The van der Waals surface area contributed by atoms with Crippen LogP contribution in [0.15, 0.2) is 62.6 Å². The number of hydrogen-bond acceptors (Lipinski definition) is 6. The lowest BCUT2D eigenvalue weighted by atomic mass is 10.3. The maximum absolute atomic E-state index is 13.0. The highest BCUT2D eigenvalue weighted by atomic mass is 32.2. The van der Waals surface area contributed by atoms with E-state index >= 15 is 0 Å². The fourth-order valence-electron chi connectivity index (χ4n) is 3.58. The lowest BCUT2D eigenvalue weighted by Gasteiger charge is -2.35. The Morgan fingerprint density at radius 3 is 2.42 bits per heavy atom. The predicted octanol–water partition coefficient (Wildman–Crippen LogP) is 1.43. The number of rotatable bonds is 5. The maximum Gasteiger partial charge on any atom is 0.419 e. The van der Waals surface area contributed by atoms with Crippen molar-refractivity contribution < 1.29 is 22.4 Å². The quantitative estimate of drug-likeness (QED) is 0.589. The van der Waals surface area contributed by atoms with Crippen molar-refractivity contribution >= 4 is 27.0 Å². The zero-order chi connectivity index (χ0) is 22.2. The van der Waals surface area contributed by atoms with E-state index in [0.717, 1.165) is 0 Å². The van der Waals surface area contributed by atoms with Gasteiger partial charge in [-0.15, -0.1) is 0 Å². The Morgan fingerprint density at radius 1 is 1.06 bits per heavy atom. The molecule has 1 fully saturated rings. The fourth-order valence-corrected chi connectivity index (χ4v) is 5.02. The molecule has 1 saturated heterocycles. The number of oxazole rings is 1. The van der Waals surface area contributed by atoms with Crippen LogP contribution < -0.4 is 10.5 Å². The number of carbonyl (C=O) groups excluding carboxylic acids is 1. The van der Waals surface area contributed by atoms with Crippen LogP contribution in [0.3, 0.4) is 0 Å². The van der Waals surface area contributed by atoms with Gasteiger partial charge in [0, 0.05) is 39.3 Å². The molecule has 1 aliphatic heterocycles. The largest absolute Gasteiger partial charge is 0.481 e. The Morgan fingerprint density at radius 2 is 1.74 bits per heavy atom. The molecule has 1 aromatic heterocycles. The number of aromatic nitrogens is 1. The second-order valence-electron chi connectivity index (χ2n) is 7.36. The normalized spacial score (nSPS) is 16.4. The van der Waals surface area contributed by atoms with Crippen molar-refractivity contribution in [2.75, 3.05) is 26.2 Å². The summed E-state index contributed by atoms with van der Waals surface area (Å²) in [5, 5.41) is 0. The molecule has 0 saturated carbocycles. The molecule has 0 unspecified atom stereocenters. The van der Waals surface area contributed by atoms with Crippen molar-refractivity contribution in [3.8, 4) is 5.75 Å². The second-order valence-corrected chi connectivity index (χ2v) is 9.30. The first-order chi connectivity index (χ1) is 14.8. The van der Waals surface area contributed by atoms with Crippen LogP contribution in [0.5, 0.6) is 5.75 Å². The van der Waals surface area contributed by atoms with Crippen molar-refractivity contribution in [2.24, 2.45) is 7.05 Å². The minimum Gasteiger partial charge on any atom is -0.481 e. The molecule has 10 heteroatoms. The summed E-state index contributed by atoms with van der Waals surface area (Å²) in [7, 11) is -2.23. The number of aryl methyl sites for hydroxylation is 1. The third kappa shape index (κ3) is 4.08. The van der Waals surface area contributed by atoms with E-state index in [1.54, 1.807) is 37.1 Å². The Balaban J connectivity index is 1.43. The first-order valence-electron chi connectivity index (χ1n) is 9.87. The number of sulfonamides is 1. The van der Waals surface area contributed by atoms with Gasteiger partial charge >= 0.3 is 5.76 Å². The number of amides is 1. The molecule has 1 atom stereocenters. The van der Waals surface area contributed by atoms with Gasteiger partial charge in [-0.25, -0.2) is 13.2 Å². The number of fused-ring (bicyclic) bond motifs is 1. The van der Waals surface area contributed by atoms with Crippen LogP contribution in [0.2, 0.25) is 0 Å². The third-order valence-electron chi connectivity index (χ3n) is 5.36. The molecule has 1 aliphatic rings.